The number of sulfonamides is 1. The lowest BCUT2D eigenvalue weighted by Crippen LogP contribution is -2.15. The second kappa shape index (κ2) is 5.79. The Morgan fingerprint density at radius 2 is 1.81 bits per heavy atom. The van der Waals surface area contributed by atoms with Gasteiger partial charge in [-0.25, -0.2) is 12.8 Å². The molecule has 2 aromatic rings. The summed E-state index contributed by atoms with van der Waals surface area (Å²) in [6.07, 6.45) is 0. The van der Waals surface area contributed by atoms with Gasteiger partial charge in [0.05, 0.1) is 10.6 Å². The van der Waals surface area contributed by atoms with Gasteiger partial charge in [0.2, 0.25) is 0 Å². The summed E-state index contributed by atoms with van der Waals surface area (Å²) in [5.74, 6) is -0.635. The normalized spacial score (nSPS) is 11.1. The van der Waals surface area contributed by atoms with Crippen LogP contribution in [0.2, 0.25) is 0 Å². The average molecular weight is 324 g/mol. The minimum atomic E-state index is -3.87. The molecule has 0 aliphatic rings. The third-order valence-electron chi connectivity index (χ3n) is 2.82. The number of thiocarbonyl (C=S) groups is 1. The highest BCUT2D eigenvalue weighted by Crippen LogP contribution is 2.20. The fourth-order valence-electron chi connectivity index (χ4n) is 1.72. The van der Waals surface area contributed by atoms with E-state index in [4.69, 9.17) is 18.0 Å². The van der Waals surface area contributed by atoms with Crippen molar-refractivity contribution in [3.8, 4) is 0 Å². The summed E-state index contributed by atoms with van der Waals surface area (Å²) in [4.78, 5) is 0.181. The van der Waals surface area contributed by atoms with Gasteiger partial charge in [-0.2, -0.15) is 0 Å². The van der Waals surface area contributed by atoms with Crippen molar-refractivity contribution in [3.63, 3.8) is 0 Å². The predicted molar refractivity (Wildman–Crippen MR) is 84.3 cm³/mol. The van der Waals surface area contributed by atoms with Gasteiger partial charge >= 0.3 is 0 Å². The Bertz CT molecular complexity index is 787. The third-order valence-corrected chi connectivity index (χ3v) is 4.43. The molecule has 0 saturated carbocycles. The molecule has 4 nitrogen and oxygen atoms in total. The fraction of sp³-hybridized carbons (Fsp3) is 0.0714. The van der Waals surface area contributed by atoms with Gasteiger partial charge in [0, 0.05) is 5.56 Å². The van der Waals surface area contributed by atoms with Crippen LogP contribution in [0, 0.1) is 12.7 Å². The predicted octanol–water partition coefficient (Wildman–Crippen LogP) is 2.57. The van der Waals surface area contributed by atoms with Gasteiger partial charge in [-0.1, -0.05) is 30.4 Å². The number of benzene rings is 2. The Morgan fingerprint density at radius 1 is 1.19 bits per heavy atom. The summed E-state index contributed by atoms with van der Waals surface area (Å²) < 4.78 is 40.3. The van der Waals surface area contributed by atoms with E-state index in [1.807, 2.05) is 0 Å². The maximum Gasteiger partial charge on any atom is 0.261 e. The maximum atomic E-state index is 13.6. The van der Waals surface area contributed by atoms with Crippen LogP contribution < -0.4 is 10.5 Å². The van der Waals surface area contributed by atoms with E-state index in [2.05, 4.69) is 4.72 Å². The Hall–Kier alpha value is -1.99. The van der Waals surface area contributed by atoms with Crippen LogP contribution in [-0.4, -0.2) is 13.4 Å². The SMILES string of the molecule is Cc1ccc(F)c(NS(=O)(=O)c2ccc(C(N)=S)cc2)c1. The van der Waals surface area contributed by atoms with E-state index in [1.54, 1.807) is 13.0 Å². The molecule has 0 atom stereocenters. The van der Waals surface area contributed by atoms with Crippen molar-refractivity contribution >= 4 is 32.9 Å². The molecule has 0 aromatic heterocycles. The Morgan fingerprint density at radius 3 is 2.38 bits per heavy atom. The highest BCUT2D eigenvalue weighted by atomic mass is 32.2. The van der Waals surface area contributed by atoms with Crippen molar-refractivity contribution in [3.05, 3.63) is 59.4 Å². The average Bonchev–Trinajstić information content (AvgIpc) is 2.43. The second-order valence-corrected chi connectivity index (χ2v) is 6.60. The zero-order chi connectivity index (χ0) is 15.6. The van der Waals surface area contributed by atoms with Gasteiger partial charge in [-0.15, -0.1) is 0 Å². The summed E-state index contributed by atoms with van der Waals surface area (Å²) in [6.45, 7) is 1.74. The lowest BCUT2D eigenvalue weighted by atomic mass is 10.2. The van der Waals surface area contributed by atoms with Crippen molar-refractivity contribution in [2.24, 2.45) is 5.73 Å². The first-order chi connectivity index (χ1) is 9.79. The highest BCUT2D eigenvalue weighted by Gasteiger charge is 2.16. The van der Waals surface area contributed by atoms with Crippen LogP contribution >= 0.6 is 12.2 Å². The van der Waals surface area contributed by atoms with Crippen LogP contribution in [-0.2, 0) is 10.0 Å². The van der Waals surface area contributed by atoms with Crippen molar-refractivity contribution in [1.29, 1.82) is 0 Å². The Balaban J connectivity index is 2.34. The molecule has 0 spiro atoms. The molecule has 0 radical (unpaired) electrons. The first kappa shape index (κ1) is 15.4. The number of nitrogens with one attached hydrogen (secondary N) is 1. The quantitative estimate of drug-likeness (QED) is 0.848. The zero-order valence-electron chi connectivity index (χ0n) is 11.1. The summed E-state index contributed by atoms with van der Waals surface area (Å²) in [5, 5.41) is 0. The van der Waals surface area contributed by atoms with Crippen molar-refractivity contribution in [2.45, 2.75) is 11.8 Å². The van der Waals surface area contributed by atoms with Crippen molar-refractivity contribution in [2.75, 3.05) is 4.72 Å². The molecule has 0 aliphatic carbocycles. The summed E-state index contributed by atoms with van der Waals surface area (Å²) in [5.41, 5.74) is 6.67. The van der Waals surface area contributed by atoms with Crippen molar-refractivity contribution in [1.82, 2.24) is 0 Å². The van der Waals surface area contributed by atoms with E-state index in [-0.39, 0.29) is 15.6 Å². The Labute approximate surface area is 127 Å². The number of rotatable bonds is 4. The van der Waals surface area contributed by atoms with Crippen molar-refractivity contribution < 1.29 is 12.8 Å². The second-order valence-electron chi connectivity index (χ2n) is 4.48. The topological polar surface area (TPSA) is 72.2 Å². The van der Waals surface area contributed by atoms with Gasteiger partial charge in [0.1, 0.15) is 10.8 Å². The fourth-order valence-corrected chi connectivity index (χ4v) is 2.91. The van der Waals surface area contributed by atoms with Crippen LogP contribution in [0.15, 0.2) is 47.4 Å². The maximum absolute atomic E-state index is 13.6. The van der Waals surface area contributed by atoms with E-state index in [0.717, 1.165) is 5.56 Å². The third kappa shape index (κ3) is 3.56. The minimum absolute atomic E-state index is 0.00315. The first-order valence-electron chi connectivity index (χ1n) is 5.98. The van der Waals surface area contributed by atoms with E-state index in [1.165, 1.54) is 36.4 Å². The standard InChI is InChI=1S/C14H13FN2O2S2/c1-9-2-7-12(15)13(8-9)17-21(18,19)11-5-3-10(4-6-11)14(16)20/h2-8,17H,1H3,(H2,16,20). The largest absolute Gasteiger partial charge is 0.389 e. The lowest BCUT2D eigenvalue weighted by Gasteiger charge is -2.10. The Kier molecular flexibility index (Phi) is 4.24. The number of anilines is 1. The molecule has 0 bridgehead atoms. The number of aryl methyl sites for hydroxylation is 1. The van der Waals surface area contributed by atoms with Gasteiger partial charge in [-0.05, 0) is 36.8 Å². The van der Waals surface area contributed by atoms with Gasteiger partial charge in [0.15, 0.2) is 0 Å². The molecular formula is C14H13FN2O2S2. The summed E-state index contributed by atoms with van der Waals surface area (Å²) in [6, 6.07) is 9.94. The molecule has 7 heteroatoms. The summed E-state index contributed by atoms with van der Waals surface area (Å²) >= 11 is 4.80. The molecule has 2 aromatic carbocycles. The van der Waals surface area contributed by atoms with Crippen LogP contribution in [0.1, 0.15) is 11.1 Å². The van der Waals surface area contributed by atoms with E-state index in [0.29, 0.717) is 5.56 Å². The van der Waals surface area contributed by atoms with Crippen LogP contribution in [0.25, 0.3) is 0 Å². The molecule has 0 amide bonds. The van der Waals surface area contributed by atoms with E-state index in [9.17, 15) is 12.8 Å². The lowest BCUT2D eigenvalue weighted by molar-refractivity contribution is 0.598. The molecule has 21 heavy (non-hydrogen) atoms. The first-order valence-corrected chi connectivity index (χ1v) is 7.87. The molecule has 3 N–H and O–H groups in total. The minimum Gasteiger partial charge on any atom is -0.389 e. The molecule has 0 fully saturated rings. The number of nitrogens with two attached hydrogens (primary N) is 1. The number of halogens is 1. The smallest absolute Gasteiger partial charge is 0.261 e. The van der Waals surface area contributed by atoms with Gasteiger partial charge in [0.25, 0.3) is 10.0 Å². The monoisotopic (exact) mass is 324 g/mol. The molecule has 0 saturated heterocycles. The molecule has 2 rings (SSSR count). The number of hydrogen-bond acceptors (Lipinski definition) is 3. The van der Waals surface area contributed by atoms with Crippen LogP contribution in [0.4, 0.5) is 10.1 Å². The molecule has 110 valence electrons. The number of hydrogen-bond donors (Lipinski definition) is 2. The van der Waals surface area contributed by atoms with E-state index < -0.39 is 15.8 Å². The van der Waals surface area contributed by atoms with Crippen LogP contribution in [0.3, 0.4) is 0 Å². The zero-order valence-corrected chi connectivity index (χ0v) is 12.8. The van der Waals surface area contributed by atoms with E-state index >= 15 is 0 Å². The van der Waals surface area contributed by atoms with Gasteiger partial charge < -0.3 is 5.73 Å². The molecular weight excluding hydrogens is 311 g/mol. The molecule has 0 aliphatic heterocycles. The molecule has 0 heterocycles. The van der Waals surface area contributed by atoms with Crippen LogP contribution in [0.5, 0.6) is 0 Å². The van der Waals surface area contributed by atoms with Gasteiger partial charge in [-0.3, -0.25) is 4.72 Å². The summed E-state index contributed by atoms with van der Waals surface area (Å²) in [7, 11) is -3.87. The highest BCUT2D eigenvalue weighted by molar-refractivity contribution is 7.92. The molecule has 0 unspecified atom stereocenters.